The highest BCUT2D eigenvalue weighted by Gasteiger charge is 1.95. The number of nitrogen functional groups attached to an aromatic ring is 2. The third kappa shape index (κ3) is 2.34. The first-order chi connectivity index (χ1) is 7.75. The molecule has 78 valence electrons. The van der Waals surface area contributed by atoms with E-state index in [4.69, 9.17) is 11.5 Å². The van der Waals surface area contributed by atoms with Crippen molar-refractivity contribution in [2.24, 2.45) is 0 Å². The Morgan fingerprint density at radius 3 is 2.31 bits per heavy atom. The van der Waals surface area contributed by atoms with Crippen LogP contribution in [0.4, 0.5) is 11.4 Å². The Hall–Kier alpha value is -2.40. The van der Waals surface area contributed by atoms with Crippen LogP contribution in [-0.2, 0) is 0 Å². The number of rotatable bonds is 0. The zero-order chi connectivity index (χ0) is 11.4. The zero-order valence-electron chi connectivity index (χ0n) is 8.77. The van der Waals surface area contributed by atoms with E-state index in [1.54, 1.807) is 18.2 Å². The van der Waals surface area contributed by atoms with Gasteiger partial charge in [-0.3, -0.25) is 0 Å². The maximum absolute atomic E-state index is 5.80. The minimum Gasteiger partial charge on any atom is -0.399 e. The number of hydrogen-bond donors (Lipinski definition) is 2. The van der Waals surface area contributed by atoms with E-state index in [0.29, 0.717) is 11.4 Å². The summed E-state index contributed by atoms with van der Waals surface area (Å²) in [6.07, 6.45) is 0. The highest BCUT2D eigenvalue weighted by atomic mass is 14.6. The summed E-state index contributed by atoms with van der Waals surface area (Å²) >= 11 is 0. The van der Waals surface area contributed by atoms with Crippen molar-refractivity contribution < 1.29 is 0 Å². The molecule has 4 N–H and O–H groups in total. The molecule has 0 amide bonds. The molecule has 2 rings (SSSR count). The first-order valence-corrected chi connectivity index (χ1v) is 4.98. The van der Waals surface area contributed by atoms with Crippen molar-refractivity contribution in [2.75, 3.05) is 11.5 Å². The summed E-state index contributed by atoms with van der Waals surface area (Å²) in [7, 11) is 0. The Labute approximate surface area is 94.9 Å². The monoisotopic (exact) mass is 208 g/mol. The average Bonchev–Trinajstić information content (AvgIpc) is 2.32. The van der Waals surface area contributed by atoms with Gasteiger partial charge in [-0.1, -0.05) is 30.0 Å². The highest BCUT2D eigenvalue weighted by molar-refractivity contribution is 5.62. The molecule has 0 aromatic heterocycles. The highest BCUT2D eigenvalue weighted by Crippen LogP contribution is 2.14. The molecule has 0 aliphatic rings. The first-order valence-electron chi connectivity index (χ1n) is 4.98. The molecule has 0 heterocycles. The maximum atomic E-state index is 5.80. The molecule has 0 saturated heterocycles. The molecule has 0 atom stereocenters. The molecule has 2 nitrogen and oxygen atoms in total. The van der Waals surface area contributed by atoms with Crippen molar-refractivity contribution >= 4 is 11.4 Å². The minimum absolute atomic E-state index is 0.651. The lowest BCUT2D eigenvalue weighted by atomic mass is 10.1. The number of hydrogen-bond acceptors (Lipinski definition) is 2. The van der Waals surface area contributed by atoms with E-state index in [1.807, 2.05) is 30.3 Å². The maximum Gasteiger partial charge on any atom is 0.0499 e. The molecular formula is C14H12N2. The summed E-state index contributed by atoms with van der Waals surface area (Å²) in [5.41, 5.74) is 14.5. The Morgan fingerprint density at radius 2 is 1.56 bits per heavy atom. The lowest BCUT2D eigenvalue weighted by Gasteiger charge is -1.98. The van der Waals surface area contributed by atoms with Gasteiger partial charge in [0.2, 0.25) is 0 Å². The van der Waals surface area contributed by atoms with Gasteiger partial charge in [0.15, 0.2) is 0 Å². The fourth-order valence-corrected chi connectivity index (χ4v) is 1.34. The summed E-state index contributed by atoms with van der Waals surface area (Å²) in [5.74, 6) is 6.06. The van der Waals surface area contributed by atoms with E-state index in [2.05, 4.69) is 11.8 Å². The van der Waals surface area contributed by atoms with Crippen molar-refractivity contribution in [1.29, 1.82) is 0 Å². The molecule has 0 fully saturated rings. The van der Waals surface area contributed by atoms with Gasteiger partial charge in [-0.25, -0.2) is 0 Å². The smallest absolute Gasteiger partial charge is 0.0499 e. The molecule has 2 heteroatoms. The Bertz CT molecular complexity index is 548. The van der Waals surface area contributed by atoms with Gasteiger partial charge in [0.1, 0.15) is 0 Å². The van der Waals surface area contributed by atoms with Crippen molar-refractivity contribution in [2.45, 2.75) is 0 Å². The third-order valence-corrected chi connectivity index (χ3v) is 2.19. The second kappa shape index (κ2) is 4.41. The van der Waals surface area contributed by atoms with Crippen LogP contribution in [0.25, 0.3) is 0 Å². The van der Waals surface area contributed by atoms with Gasteiger partial charge >= 0.3 is 0 Å². The molecule has 0 unspecified atom stereocenters. The molecule has 16 heavy (non-hydrogen) atoms. The fraction of sp³-hybridized carbons (Fsp3) is 0. The normalized spacial score (nSPS) is 9.25. The molecule has 0 radical (unpaired) electrons. The summed E-state index contributed by atoms with van der Waals surface area (Å²) in [4.78, 5) is 0. The van der Waals surface area contributed by atoms with E-state index in [-0.39, 0.29) is 0 Å². The predicted octanol–water partition coefficient (Wildman–Crippen LogP) is 2.25. The van der Waals surface area contributed by atoms with Crippen molar-refractivity contribution in [1.82, 2.24) is 0 Å². The van der Waals surface area contributed by atoms with Gasteiger partial charge in [0.25, 0.3) is 0 Å². The van der Waals surface area contributed by atoms with Gasteiger partial charge in [-0.15, -0.1) is 0 Å². The van der Waals surface area contributed by atoms with Crippen molar-refractivity contribution in [3.05, 3.63) is 59.7 Å². The third-order valence-electron chi connectivity index (χ3n) is 2.19. The van der Waals surface area contributed by atoms with E-state index < -0.39 is 0 Å². The van der Waals surface area contributed by atoms with Crippen molar-refractivity contribution in [3.63, 3.8) is 0 Å². The van der Waals surface area contributed by atoms with Gasteiger partial charge < -0.3 is 11.5 Å². The van der Waals surface area contributed by atoms with Crippen LogP contribution in [0.15, 0.2) is 48.5 Å². The van der Waals surface area contributed by atoms with Crippen LogP contribution in [-0.4, -0.2) is 0 Å². The van der Waals surface area contributed by atoms with Crippen LogP contribution in [0.5, 0.6) is 0 Å². The number of benzene rings is 2. The molecule has 0 bridgehead atoms. The number of nitrogens with two attached hydrogens (primary N) is 2. The molecular weight excluding hydrogens is 196 g/mol. The van der Waals surface area contributed by atoms with Gasteiger partial charge in [0, 0.05) is 22.5 Å². The topological polar surface area (TPSA) is 52.0 Å². The second-order valence-electron chi connectivity index (χ2n) is 3.46. The Kier molecular flexibility index (Phi) is 2.79. The van der Waals surface area contributed by atoms with Crippen LogP contribution >= 0.6 is 0 Å². The second-order valence-corrected chi connectivity index (χ2v) is 3.46. The van der Waals surface area contributed by atoms with Gasteiger partial charge in [-0.2, -0.15) is 0 Å². The summed E-state index contributed by atoms with van der Waals surface area (Å²) < 4.78 is 0. The minimum atomic E-state index is 0.651. The number of anilines is 2. The fourth-order valence-electron chi connectivity index (χ4n) is 1.34. The molecule has 0 aliphatic carbocycles. The van der Waals surface area contributed by atoms with Crippen LogP contribution < -0.4 is 11.5 Å². The lowest BCUT2D eigenvalue weighted by Crippen LogP contribution is -1.92. The molecule has 0 spiro atoms. The SMILES string of the molecule is Nc1ccc(N)c(C#Cc2ccccc2)c1. The molecule has 0 aliphatic heterocycles. The Balaban J connectivity index is 2.34. The van der Waals surface area contributed by atoms with Crippen LogP contribution in [0.2, 0.25) is 0 Å². The van der Waals surface area contributed by atoms with Gasteiger partial charge in [0.05, 0.1) is 0 Å². The summed E-state index contributed by atoms with van der Waals surface area (Å²) in [5, 5.41) is 0. The van der Waals surface area contributed by atoms with Crippen molar-refractivity contribution in [3.8, 4) is 11.8 Å². The zero-order valence-corrected chi connectivity index (χ0v) is 8.77. The quantitative estimate of drug-likeness (QED) is 0.515. The van der Waals surface area contributed by atoms with Gasteiger partial charge in [-0.05, 0) is 30.3 Å². The molecule has 2 aromatic carbocycles. The molecule has 0 saturated carbocycles. The molecule has 2 aromatic rings. The van der Waals surface area contributed by atoms with E-state index in [1.165, 1.54) is 0 Å². The predicted molar refractivity (Wildman–Crippen MR) is 67.7 cm³/mol. The summed E-state index contributed by atoms with van der Waals surface area (Å²) in [6, 6.07) is 15.1. The standard InChI is InChI=1S/C14H12N2/c15-13-8-9-14(16)12(10-13)7-6-11-4-2-1-3-5-11/h1-5,8-10H,15-16H2. The first kappa shape index (κ1) is 10.1. The van der Waals surface area contributed by atoms with E-state index >= 15 is 0 Å². The lowest BCUT2D eigenvalue weighted by molar-refractivity contribution is 1.61. The van der Waals surface area contributed by atoms with Crippen LogP contribution in [0.3, 0.4) is 0 Å². The summed E-state index contributed by atoms with van der Waals surface area (Å²) in [6.45, 7) is 0. The van der Waals surface area contributed by atoms with Crippen LogP contribution in [0.1, 0.15) is 11.1 Å². The van der Waals surface area contributed by atoms with Crippen LogP contribution in [0, 0.1) is 11.8 Å². The Morgan fingerprint density at radius 1 is 0.812 bits per heavy atom. The van der Waals surface area contributed by atoms with E-state index in [0.717, 1.165) is 11.1 Å². The largest absolute Gasteiger partial charge is 0.399 e. The van der Waals surface area contributed by atoms with E-state index in [9.17, 15) is 0 Å². The average molecular weight is 208 g/mol.